The number of hydrogen-bond acceptors (Lipinski definition) is 0. The maximum atomic E-state index is 6.20. The smallest absolute Gasteiger partial charge is 0.0959 e. The molecule has 1 aromatic rings. The molecule has 1 aliphatic rings. The molecule has 1 aliphatic carbocycles. The van der Waals surface area contributed by atoms with E-state index in [1.165, 1.54) is 5.56 Å². The van der Waals surface area contributed by atoms with Gasteiger partial charge in [-0.1, -0.05) is 34.8 Å². The van der Waals surface area contributed by atoms with Crippen LogP contribution in [0.2, 0.25) is 5.02 Å². The van der Waals surface area contributed by atoms with Crippen LogP contribution in [-0.2, 0) is 10.8 Å². The van der Waals surface area contributed by atoms with Crippen molar-refractivity contribution in [3.63, 3.8) is 0 Å². The summed E-state index contributed by atoms with van der Waals surface area (Å²) in [6.45, 7) is 6.06. The van der Waals surface area contributed by atoms with Gasteiger partial charge in [0.1, 0.15) is 4.33 Å². The van der Waals surface area contributed by atoms with E-state index in [1.54, 1.807) is 0 Å². The highest BCUT2D eigenvalue weighted by molar-refractivity contribution is 6.49. The van der Waals surface area contributed by atoms with Crippen molar-refractivity contribution in [2.45, 2.75) is 31.5 Å². The number of halogens is 3. The van der Waals surface area contributed by atoms with Gasteiger partial charge in [-0.15, -0.1) is 0 Å². The summed E-state index contributed by atoms with van der Waals surface area (Å²) in [6, 6.07) is 0. The second kappa shape index (κ2) is 3.04. The van der Waals surface area contributed by atoms with E-state index in [2.05, 4.69) is 0 Å². The highest BCUT2D eigenvalue weighted by Crippen LogP contribution is 2.53. The molecule has 0 fully saturated rings. The molecule has 0 unspecified atom stereocenters. The third kappa shape index (κ3) is 1.21. The van der Waals surface area contributed by atoms with E-state index in [0.29, 0.717) is 6.42 Å². The van der Waals surface area contributed by atoms with Crippen LogP contribution in [0.1, 0.15) is 27.8 Å². The van der Waals surface area contributed by atoms with E-state index < -0.39 is 4.33 Å². The van der Waals surface area contributed by atoms with Crippen molar-refractivity contribution in [1.29, 1.82) is 0 Å². The fourth-order valence-corrected chi connectivity index (χ4v) is 3.13. The van der Waals surface area contributed by atoms with Gasteiger partial charge in [0, 0.05) is 11.4 Å². The summed E-state index contributed by atoms with van der Waals surface area (Å²) in [6.07, 6.45) is 0.706. The van der Waals surface area contributed by atoms with Gasteiger partial charge in [0.05, 0.1) is 0 Å². The Balaban J connectivity index is 2.77. The molecule has 1 aromatic carbocycles. The Morgan fingerprint density at radius 1 is 1.00 bits per heavy atom. The molecule has 76 valence electrons. The lowest BCUT2D eigenvalue weighted by molar-refractivity contribution is 0.710. The van der Waals surface area contributed by atoms with Crippen molar-refractivity contribution < 1.29 is 0 Å². The second-order valence-electron chi connectivity index (χ2n) is 3.92. The molecular formula is C11H11Cl3. The van der Waals surface area contributed by atoms with Crippen molar-refractivity contribution in [2.75, 3.05) is 0 Å². The lowest BCUT2D eigenvalue weighted by Crippen LogP contribution is -2.30. The van der Waals surface area contributed by atoms with Crippen molar-refractivity contribution in [2.24, 2.45) is 0 Å². The van der Waals surface area contributed by atoms with Gasteiger partial charge in [-0.3, -0.25) is 0 Å². The average molecular weight is 250 g/mol. The van der Waals surface area contributed by atoms with Crippen LogP contribution in [0, 0.1) is 20.8 Å². The average Bonchev–Trinajstić information content (AvgIpc) is 2.09. The molecule has 0 heterocycles. The summed E-state index contributed by atoms with van der Waals surface area (Å²) in [7, 11) is 0. The summed E-state index contributed by atoms with van der Waals surface area (Å²) in [5.74, 6) is 0. The predicted octanol–water partition coefficient (Wildman–Crippen LogP) is 4.45. The first-order chi connectivity index (χ1) is 6.36. The topological polar surface area (TPSA) is 0 Å². The highest BCUT2D eigenvalue weighted by Gasteiger charge is 2.42. The summed E-state index contributed by atoms with van der Waals surface area (Å²) < 4.78 is -0.695. The Kier molecular flexibility index (Phi) is 2.30. The largest absolute Gasteiger partial charge is 0.147 e. The van der Waals surface area contributed by atoms with E-state index in [9.17, 15) is 0 Å². The number of hydrogen-bond donors (Lipinski definition) is 0. The molecule has 0 N–H and O–H groups in total. The van der Waals surface area contributed by atoms with Crippen LogP contribution in [0.25, 0.3) is 0 Å². The molecule has 0 aliphatic heterocycles. The minimum absolute atomic E-state index is 0.695. The van der Waals surface area contributed by atoms with Crippen molar-refractivity contribution in [1.82, 2.24) is 0 Å². The molecule has 14 heavy (non-hydrogen) atoms. The normalized spacial score (nSPS) is 17.6. The Morgan fingerprint density at radius 3 is 2.07 bits per heavy atom. The van der Waals surface area contributed by atoms with E-state index in [4.69, 9.17) is 34.8 Å². The van der Waals surface area contributed by atoms with Crippen LogP contribution in [0.4, 0.5) is 0 Å². The molecule has 0 saturated carbocycles. The first kappa shape index (κ1) is 10.6. The molecule has 0 atom stereocenters. The third-order valence-corrected chi connectivity index (χ3v) is 4.33. The third-order valence-electron chi connectivity index (χ3n) is 3.11. The maximum absolute atomic E-state index is 6.20. The van der Waals surface area contributed by atoms with Crippen LogP contribution < -0.4 is 0 Å². The zero-order chi connectivity index (χ0) is 10.7. The van der Waals surface area contributed by atoms with E-state index in [0.717, 1.165) is 27.3 Å². The first-order valence-electron chi connectivity index (χ1n) is 4.52. The summed E-state index contributed by atoms with van der Waals surface area (Å²) in [5, 5.41) is 0.852. The van der Waals surface area contributed by atoms with Crippen LogP contribution in [0.15, 0.2) is 0 Å². The van der Waals surface area contributed by atoms with Crippen molar-refractivity contribution in [3.8, 4) is 0 Å². The molecule has 0 radical (unpaired) electrons. The Bertz CT molecular complexity index is 396. The molecule has 0 saturated heterocycles. The van der Waals surface area contributed by atoms with E-state index >= 15 is 0 Å². The van der Waals surface area contributed by atoms with Gasteiger partial charge in [-0.25, -0.2) is 0 Å². The SMILES string of the molecule is Cc1c(C)c2c(c(C)c1Cl)CC2(Cl)Cl. The van der Waals surface area contributed by atoms with Gasteiger partial charge in [-0.2, -0.15) is 0 Å². The van der Waals surface area contributed by atoms with E-state index in [1.807, 2.05) is 20.8 Å². The van der Waals surface area contributed by atoms with Crippen LogP contribution in [0.3, 0.4) is 0 Å². The molecule has 3 heteroatoms. The zero-order valence-corrected chi connectivity index (χ0v) is 10.6. The number of alkyl halides is 2. The lowest BCUT2D eigenvalue weighted by Gasteiger charge is -2.37. The minimum Gasteiger partial charge on any atom is -0.0959 e. The van der Waals surface area contributed by atoms with E-state index in [-0.39, 0.29) is 0 Å². The molecule has 0 amide bonds. The Hall–Kier alpha value is 0.0900. The van der Waals surface area contributed by atoms with Gasteiger partial charge in [0.2, 0.25) is 0 Å². The number of benzene rings is 1. The Labute approximate surface area is 99.2 Å². The molecule has 0 spiro atoms. The standard InChI is InChI=1S/C11H11Cl3/c1-5-6(2)10(12)7(3)8-4-11(13,14)9(5)8/h4H2,1-3H3. The fourth-order valence-electron chi connectivity index (χ4n) is 2.10. The van der Waals surface area contributed by atoms with Crippen molar-refractivity contribution in [3.05, 3.63) is 32.8 Å². The zero-order valence-electron chi connectivity index (χ0n) is 8.34. The molecule has 0 aromatic heterocycles. The number of rotatable bonds is 0. The van der Waals surface area contributed by atoms with Gasteiger partial charge >= 0.3 is 0 Å². The molecule has 0 nitrogen and oxygen atoms in total. The molecular weight excluding hydrogens is 238 g/mol. The fraction of sp³-hybridized carbons (Fsp3) is 0.455. The van der Waals surface area contributed by atoms with Crippen LogP contribution >= 0.6 is 34.8 Å². The predicted molar refractivity (Wildman–Crippen MR) is 62.8 cm³/mol. The van der Waals surface area contributed by atoms with Gasteiger partial charge in [0.25, 0.3) is 0 Å². The summed E-state index contributed by atoms with van der Waals surface area (Å²) in [5.41, 5.74) is 5.64. The quantitative estimate of drug-likeness (QED) is 0.596. The lowest BCUT2D eigenvalue weighted by atomic mass is 9.79. The first-order valence-corrected chi connectivity index (χ1v) is 5.66. The van der Waals surface area contributed by atoms with Crippen LogP contribution in [-0.4, -0.2) is 0 Å². The summed E-state index contributed by atoms with van der Waals surface area (Å²) >= 11 is 18.5. The molecule has 2 rings (SSSR count). The van der Waals surface area contributed by atoms with Gasteiger partial charge < -0.3 is 0 Å². The second-order valence-corrected chi connectivity index (χ2v) is 5.79. The number of fused-ring (bicyclic) bond motifs is 1. The minimum atomic E-state index is -0.695. The monoisotopic (exact) mass is 248 g/mol. The molecule has 0 bridgehead atoms. The van der Waals surface area contributed by atoms with Gasteiger partial charge in [-0.05, 0) is 48.6 Å². The highest BCUT2D eigenvalue weighted by atomic mass is 35.5. The van der Waals surface area contributed by atoms with Gasteiger partial charge in [0.15, 0.2) is 0 Å². The Morgan fingerprint density at radius 2 is 1.57 bits per heavy atom. The van der Waals surface area contributed by atoms with Crippen molar-refractivity contribution >= 4 is 34.8 Å². The maximum Gasteiger partial charge on any atom is 0.147 e. The summed E-state index contributed by atoms with van der Waals surface area (Å²) in [4.78, 5) is 0. The van der Waals surface area contributed by atoms with Crippen LogP contribution in [0.5, 0.6) is 0 Å².